The van der Waals surface area contributed by atoms with Crippen molar-refractivity contribution >= 4 is 24.0 Å². The summed E-state index contributed by atoms with van der Waals surface area (Å²) in [5, 5.41) is 5.05. The lowest BCUT2D eigenvalue weighted by Gasteiger charge is -2.20. The number of rotatable bonds is 8. The zero-order valence-corrected chi connectivity index (χ0v) is 19.3. The number of alkyl carbamates (subject to hydrolysis) is 2. The third-order valence-electron chi connectivity index (χ3n) is 3.57. The number of amides is 4. The molecule has 1 aromatic heterocycles. The normalized spacial score (nSPS) is 11.4. The van der Waals surface area contributed by atoms with Crippen LogP contribution in [0.3, 0.4) is 0 Å². The van der Waals surface area contributed by atoms with Crippen molar-refractivity contribution in [2.75, 3.05) is 13.1 Å². The SMILES string of the molecule is CC(C)(C)OC(=O)NCCc1nc(C(N)=O)c(CCNC(=O)OC(C)(C)C)nc1C(N)=O. The highest BCUT2D eigenvalue weighted by Gasteiger charge is 2.22. The summed E-state index contributed by atoms with van der Waals surface area (Å²) in [6.45, 7) is 10.4. The van der Waals surface area contributed by atoms with Gasteiger partial charge in [0.25, 0.3) is 11.8 Å². The summed E-state index contributed by atoms with van der Waals surface area (Å²) in [7, 11) is 0. The Hall–Kier alpha value is -3.44. The second kappa shape index (κ2) is 10.7. The van der Waals surface area contributed by atoms with Gasteiger partial charge >= 0.3 is 12.2 Å². The predicted molar refractivity (Wildman–Crippen MR) is 115 cm³/mol. The highest BCUT2D eigenvalue weighted by molar-refractivity contribution is 5.95. The number of aromatic nitrogens is 2. The van der Waals surface area contributed by atoms with Crippen LogP contribution in [0, 0.1) is 0 Å². The Morgan fingerprint density at radius 1 is 0.719 bits per heavy atom. The minimum atomic E-state index is -0.859. The van der Waals surface area contributed by atoms with Crippen molar-refractivity contribution < 1.29 is 28.7 Å². The van der Waals surface area contributed by atoms with Crippen molar-refractivity contribution in [3.63, 3.8) is 0 Å². The third-order valence-corrected chi connectivity index (χ3v) is 3.57. The van der Waals surface area contributed by atoms with E-state index in [1.807, 2.05) is 0 Å². The van der Waals surface area contributed by atoms with Gasteiger partial charge in [-0.2, -0.15) is 0 Å². The molecule has 0 bridgehead atoms. The molecule has 6 N–H and O–H groups in total. The van der Waals surface area contributed by atoms with Crippen molar-refractivity contribution in [2.45, 2.75) is 65.6 Å². The summed E-state index contributed by atoms with van der Waals surface area (Å²) >= 11 is 0. The molecule has 1 aromatic rings. The highest BCUT2D eigenvalue weighted by atomic mass is 16.6. The van der Waals surface area contributed by atoms with E-state index in [0.29, 0.717) is 0 Å². The van der Waals surface area contributed by atoms with Crippen LogP contribution in [0.5, 0.6) is 0 Å². The summed E-state index contributed by atoms with van der Waals surface area (Å²) in [5.41, 5.74) is 9.37. The lowest BCUT2D eigenvalue weighted by Crippen LogP contribution is -2.35. The lowest BCUT2D eigenvalue weighted by molar-refractivity contribution is 0.0516. The molecule has 12 heteroatoms. The van der Waals surface area contributed by atoms with Crippen molar-refractivity contribution in [1.29, 1.82) is 0 Å². The van der Waals surface area contributed by atoms with Crippen molar-refractivity contribution in [3.05, 3.63) is 22.8 Å². The van der Waals surface area contributed by atoms with Gasteiger partial charge in [0.15, 0.2) is 0 Å². The maximum Gasteiger partial charge on any atom is 0.407 e. The second-order valence-corrected chi connectivity index (χ2v) is 8.90. The first kappa shape index (κ1) is 26.6. The van der Waals surface area contributed by atoms with Crippen molar-refractivity contribution in [3.8, 4) is 0 Å². The zero-order chi connectivity index (χ0) is 24.7. The molecule has 1 rings (SSSR count). The van der Waals surface area contributed by atoms with Gasteiger partial charge in [-0.25, -0.2) is 19.6 Å². The van der Waals surface area contributed by atoms with Crippen LogP contribution in [0.15, 0.2) is 0 Å². The fourth-order valence-electron chi connectivity index (χ4n) is 2.44. The molecule has 0 radical (unpaired) electrons. The molecule has 32 heavy (non-hydrogen) atoms. The number of hydrogen-bond acceptors (Lipinski definition) is 8. The molecular weight excluding hydrogens is 420 g/mol. The number of hydrogen-bond donors (Lipinski definition) is 4. The number of nitrogens with one attached hydrogen (secondary N) is 2. The molecule has 178 valence electrons. The highest BCUT2D eigenvalue weighted by Crippen LogP contribution is 2.12. The molecule has 0 aliphatic rings. The van der Waals surface area contributed by atoms with Crippen LogP contribution in [0.2, 0.25) is 0 Å². The van der Waals surface area contributed by atoms with E-state index in [-0.39, 0.29) is 48.7 Å². The number of nitrogens with two attached hydrogens (primary N) is 2. The maximum absolute atomic E-state index is 11.9. The number of carbonyl (C=O) groups excluding carboxylic acids is 4. The molecule has 0 aliphatic carbocycles. The Morgan fingerprint density at radius 3 is 1.28 bits per heavy atom. The summed E-state index contributed by atoms with van der Waals surface area (Å²) in [5.74, 6) is -1.72. The topological polar surface area (TPSA) is 189 Å². The Balaban J connectivity index is 2.94. The minimum absolute atomic E-state index is 0.0568. The first-order chi connectivity index (χ1) is 14.6. The largest absolute Gasteiger partial charge is 0.444 e. The van der Waals surface area contributed by atoms with Crippen LogP contribution in [-0.4, -0.2) is 58.3 Å². The smallest absolute Gasteiger partial charge is 0.407 e. The van der Waals surface area contributed by atoms with Crippen LogP contribution in [0.25, 0.3) is 0 Å². The molecular formula is C20H32N6O6. The maximum atomic E-state index is 11.9. The van der Waals surface area contributed by atoms with Gasteiger partial charge in [0.05, 0.1) is 11.4 Å². The van der Waals surface area contributed by atoms with Gasteiger partial charge in [-0.05, 0) is 41.5 Å². The average Bonchev–Trinajstić information content (AvgIpc) is 2.58. The quantitative estimate of drug-likeness (QED) is 0.445. The molecule has 12 nitrogen and oxygen atoms in total. The van der Waals surface area contributed by atoms with E-state index in [4.69, 9.17) is 20.9 Å². The number of primary amides is 2. The van der Waals surface area contributed by atoms with Gasteiger partial charge in [0.1, 0.15) is 22.6 Å². The second-order valence-electron chi connectivity index (χ2n) is 8.90. The van der Waals surface area contributed by atoms with Crippen LogP contribution in [0.1, 0.15) is 73.9 Å². The monoisotopic (exact) mass is 452 g/mol. The standard InChI is InChI=1S/C20H32N6O6/c1-19(2,3)31-17(29)23-9-7-11-13(15(21)27)26-12(14(25-11)16(22)28)8-10-24-18(30)32-20(4,5)6/h7-10H2,1-6H3,(H2,21,27)(H2,22,28)(H,23,29)(H,24,30). The van der Waals surface area contributed by atoms with E-state index in [9.17, 15) is 19.2 Å². The summed E-state index contributed by atoms with van der Waals surface area (Å²) in [4.78, 5) is 55.6. The Labute approximate surface area is 186 Å². The van der Waals surface area contributed by atoms with Crippen LogP contribution >= 0.6 is 0 Å². The van der Waals surface area contributed by atoms with Crippen LogP contribution < -0.4 is 22.1 Å². The zero-order valence-electron chi connectivity index (χ0n) is 19.3. The Kier molecular flexibility index (Phi) is 8.92. The van der Waals surface area contributed by atoms with Gasteiger partial charge in [-0.3, -0.25) is 9.59 Å². The van der Waals surface area contributed by atoms with Gasteiger partial charge in [-0.1, -0.05) is 0 Å². The van der Waals surface area contributed by atoms with Crippen molar-refractivity contribution in [1.82, 2.24) is 20.6 Å². The summed E-state index contributed by atoms with van der Waals surface area (Å²) < 4.78 is 10.3. The van der Waals surface area contributed by atoms with E-state index in [2.05, 4.69) is 20.6 Å². The first-order valence-corrected chi connectivity index (χ1v) is 10.0. The molecule has 0 unspecified atom stereocenters. The molecule has 0 saturated heterocycles. The molecule has 1 heterocycles. The van der Waals surface area contributed by atoms with Gasteiger partial charge in [-0.15, -0.1) is 0 Å². The average molecular weight is 453 g/mol. The summed E-state index contributed by atoms with van der Waals surface area (Å²) in [6.07, 6.45) is -1.18. The number of nitrogens with zero attached hydrogens (tertiary/aromatic N) is 2. The predicted octanol–water partition coefficient (Wildman–Crippen LogP) is 0.809. The molecule has 0 aliphatic heterocycles. The van der Waals surface area contributed by atoms with Crippen LogP contribution in [0.4, 0.5) is 9.59 Å². The lowest BCUT2D eigenvalue weighted by atomic mass is 10.1. The molecule has 0 fully saturated rings. The van der Waals surface area contributed by atoms with E-state index in [0.717, 1.165) is 0 Å². The molecule has 0 spiro atoms. The summed E-state index contributed by atoms with van der Waals surface area (Å²) in [6, 6.07) is 0. The third kappa shape index (κ3) is 9.58. The number of ether oxygens (including phenoxy) is 2. The molecule has 0 aromatic carbocycles. The van der Waals surface area contributed by atoms with Gasteiger partial charge in [0.2, 0.25) is 0 Å². The molecule has 0 saturated carbocycles. The van der Waals surface area contributed by atoms with Gasteiger partial charge in [0, 0.05) is 25.9 Å². The van der Waals surface area contributed by atoms with E-state index >= 15 is 0 Å². The molecule has 0 atom stereocenters. The first-order valence-electron chi connectivity index (χ1n) is 10.0. The fourth-order valence-corrected chi connectivity index (χ4v) is 2.44. The van der Waals surface area contributed by atoms with E-state index in [1.54, 1.807) is 41.5 Å². The van der Waals surface area contributed by atoms with Crippen LogP contribution in [-0.2, 0) is 22.3 Å². The van der Waals surface area contributed by atoms with Gasteiger partial charge < -0.3 is 31.6 Å². The van der Waals surface area contributed by atoms with Crippen molar-refractivity contribution in [2.24, 2.45) is 11.5 Å². The minimum Gasteiger partial charge on any atom is -0.444 e. The number of carbonyl (C=O) groups is 4. The Bertz CT molecular complexity index is 801. The Morgan fingerprint density at radius 2 is 1.03 bits per heavy atom. The fraction of sp³-hybridized carbons (Fsp3) is 0.600. The van der Waals surface area contributed by atoms with E-state index < -0.39 is 35.2 Å². The molecule has 4 amide bonds. The van der Waals surface area contributed by atoms with E-state index in [1.165, 1.54) is 0 Å².